The van der Waals surface area contributed by atoms with Crippen LogP contribution in [0.2, 0.25) is 0 Å². The van der Waals surface area contributed by atoms with Gasteiger partial charge in [0.1, 0.15) is 17.3 Å². The Kier molecular flexibility index (Phi) is 4.47. The molecule has 2 aromatic carbocycles. The molecule has 0 bridgehead atoms. The van der Waals surface area contributed by atoms with E-state index in [4.69, 9.17) is 0 Å². The third kappa shape index (κ3) is 3.02. The number of nitrogens with zero attached hydrogens (tertiary/aromatic N) is 3. The minimum absolute atomic E-state index is 0.0841. The van der Waals surface area contributed by atoms with Crippen LogP contribution in [0.4, 0.5) is 14.5 Å². The maximum Gasteiger partial charge on any atom is 0.134 e. The number of halogens is 3. The van der Waals surface area contributed by atoms with Crippen molar-refractivity contribution >= 4 is 21.6 Å². The van der Waals surface area contributed by atoms with Crippen LogP contribution in [0.25, 0.3) is 11.1 Å². The first-order valence-electron chi connectivity index (χ1n) is 7.06. The first-order chi connectivity index (χ1) is 10.7. The van der Waals surface area contributed by atoms with Gasteiger partial charge in [-0.05, 0) is 47.0 Å². The Morgan fingerprint density at radius 1 is 0.955 bits per heavy atom. The van der Waals surface area contributed by atoms with E-state index in [9.17, 15) is 8.78 Å². The van der Waals surface area contributed by atoms with E-state index in [2.05, 4.69) is 26.3 Å². The van der Waals surface area contributed by atoms with Crippen LogP contribution in [0.15, 0.2) is 51.2 Å². The van der Waals surface area contributed by atoms with Gasteiger partial charge in [0.05, 0.1) is 5.56 Å². The molecule has 0 spiro atoms. The molecule has 1 fully saturated rings. The summed E-state index contributed by atoms with van der Waals surface area (Å²) in [6.45, 7) is 1.72. The van der Waals surface area contributed by atoms with Crippen LogP contribution >= 0.6 is 15.9 Å². The Bertz CT molecular complexity index is 692. The van der Waals surface area contributed by atoms with Crippen molar-refractivity contribution in [3.63, 3.8) is 0 Å². The van der Waals surface area contributed by atoms with Gasteiger partial charge in [0.2, 0.25) is 0 Å². The topological polar surface area (TPSA) is 28.0 Å². The second-order valence-corrected chi connectivity index (χ2v) is 5.94. The van der Waals surface area contributed by atoms with Crippen molar-refractivity contribution in [1.82, 2.24) is 5.01 Å². The molecule has 6 heteroatoms. The SMILES string of the molecule is Fc1cccc(F)c1-c1cccc(Br)c1N=NN1CCCC1. The minimum Gasteiger partial charge on any atom is -0.278 e. The summed E-state index contributed by atoms with van der Waals surface area (Å²) in [4.78, 5) is 0. The Morgan fingerprint density at radius 3 is 2.27 bits per heavy atom. The molecule has 0 atom stereocenters. The first-order valence-corrected chi connectivity index (χ1v) is 7.85. The van der Waals surface area contributed by atoms with E-state index in [1.54, 1.807) is 18.2 Å². The highest BCUT2D eigenvalue weighted by molar-refractivity contribution is 9.10. The molecule has 3 nitrogen and oxygen atoms in total. The lowest BCUT2D eigenvalue weighted by atomic mass is 10.0. The monoisotopic (exact) mass is 365 g/mol. The van der Waals surface area contributed by atoms with Crippen molar-refractivity contribution in [2.75, 3.05) is 13.1 Å². The molecule has 114 valence electrons. The summed E-state index contributed by atoms with van der Waals surface area (Å²) in [6.07, 6.45) is 2.17. The van der Waals surface area contributed by atoms with E-state index in [0.717, 1.165) is 25.9 Å². The molecule has 1 aliphatic rings. The lowest BCUT2D eigenvalue weighted by Crippen LogP contribution is -2.09. The fraction of sp³-hybridized carbons (Fsp3) is 0.250. The molecular formula is C16H14BrF2N3. The summed E-state index contributed by atoms with van der Waals surface area (Å²) in [5.41, 5.74) is 0.727. The quantitative estimate of drug-likeness (QED) is 0.661. The predicted octanol–water partition coefficient (Wildman–Crippen LogP) is 5.49. The van der Waals surface area contributed by atoms with Crippen LogP contribution in [-0.4, -0.2) is 18.1 Å². The summed E-state index contributed by atoms with van der Waals surface area (Å²) in [6, 6.07) is 8.96. The maximum absolute atomic E-state index is 14.1. The van der Waals surface area contributed by atoms with Gasteiger partial charge in [-0.25, -0.2) is 8.78 Å². The van der Waals surface area contributed by atoms with Gasteiger partial charge >= 0.3 is 0 Å². The largest absolute Gasteiger partial charge is 0.278 e. The van der Waals surface area contributed by atoms with Gasteiger partial charge in [-0.15, -0.1) is 5.11 Å². The average molecular weight is 366 g/mol. The second kappa shape index (κ2) is 6.52. The lowest BCUT2D eigenvalue weighted by Gasteiger charge is -2.11. The van der Waals surface area contributed by atoms with Gasteiger partial charge < -0.3 is 0 Å². The number of rotatable bonds is 3. The fourth-order valence-corrected chi connectivity index (χ4v) is 2.92. The molecule has 1 saturated heterocycles. The van der Waals surface area contributed by atoms with Gasteiger partial charge in [0, 0.05) is 23.1 Å². The van der Waals surface area contributed by atoms with Crippen molar-refractivity contribution in [2.45, 2.75) is 12.8 Å². The Labute approximate surface area is 135 Å². The lowest BCUT2D eigenvalue weighted by molar-refractivity contribution is 0.336. The molecule has 0 amide bonds. The van der Waals surface area contributed by atoms with E-state index in [1.165, 1.54) is 18.2 Å². The summed E-state index contributed by atoms with van der Waals surface area (Å²) in [5, 5.41) is 10.3. The molecule has 0 N–H and O–H groups in total. The van der Waals surface area contributed by atoms with Gasteiger partial charge in [-0.2, -0.15) is 0 Å². The molecule has 1 heterocycles. The fourth-order valence-electron chi connectivity index (χ4n) is 2.47. The van der Waals surface area contributed by atoms with Crippen molar-refractivity contribution in [3.8, 4) is 11.1 Å². The zero-order valence-corrected chi connectivity index (χ0v) is 13.4. The molecule has 0 saturated carbocycles. The standard InChI is InChI=1S/C16H14BrF2N3/c17-12-6-3-5-11(15-13(18)7-4-8-14(15)19)16(12)20-21-22-9-1-2-10-22/h3-8H,1-2,9-10H2. The van der Waals surface area contributed by atoms with Gasteiger partial charge in [-0.1, -0.05) is 23.4 Å². The van der Waals surface area contributed by atoms with Crippen molar-refractivity contribution in [3.05, 3.63) is 52.5 Å². The summed E-state index contributed by atoms with van der Waals surface area (Å²) in [5.74, 6) is -1.23. The maximum atomic E-state index is 14.1. The third-order valence-corrected chi connectivity index (χ3v) is 4.21. The predicted molar refractivity (Wildman–Crippen MR) is 84.8 cm³/mol. The van der Waals surface area contributed by atoms with Crippen LogP contribution in [0.1, 0.15) is 12.8 Å². The highest BCUT2D eigenvalue weighted by Gasteiger charge is 2.17. The molecule has 3 rings (SSSR count). The van der Waals surface area contributed by atoms with E-state index in [-0.39, 0.29) is 5.56 Å². The smallest absolute Gasteiger partial charge is 0.134 e. The molecule has 0 radical (unpaired) electrons. The number of hydrogen-bond acceptors (Lipinski definition) is 2. The second-order valence-electron chi connectivity index (χ2n) is 5.08. The Balaban J connectivity index is 2.06. The molecule has 0 unspecified atom stereocenters. The van der Waals surface area contributed by atoms with E-state index in [1.807, 2.05) is 5.01 Å². The average Bonchev–Trinajstić information content (AvgIpc) is 2.99. The highest BCUT2D eigenvalue weighted by Crippen LogP contribution is 2.39. The van der Waals surface area contributed by atoms with Crippen LogP contribution in [0.5, 0.6) is 0 Å². The van der Waals surface area contributed by atoms with Crippen LogP contribution in [-0.2, 0) is 0 Å². The van der Waals surface area contributed by atoms with Crippen LogP contribution in [0.3, 0.4) is 0 Å². The number of hydrogen-bond donors (Lipinski definition) is 0. The van der Waals surface area contributed by atoms with Crippen molar-refractivity contribution in [2.24, 2.45) is 10.3 Å². The molecule has 0 aromatic heterocycles. The third-order valence-electron chi connectivity index (χ3n) is 3.57. The van der Waals surface area contributed by atoms with Gasteiger partial charge in [-0.3, -0.25) is 5.01 Å². The highest BCUT2D eigenvalue weighted by atomic mass is 79.9. The van der Waals surface area contributed by atoms with E-state index < -0.39 is 11.6 Å². The summed E-state index contributed by atoms with van der Waals surface area (Å²) < 4.78 is 28.8. The summed E-state index contributed by atoms with van der Waals surface area (Å²) in [7, 11) is 0. The molecule has 0 aliphatic carbocycles. The molecule has 22 heavy (non-hydrogen) atoms. The number of benzene rings is 2. The normalized spacial score (nSPS) is 15.0. The Morgan fingerprint density at radius 2 is 1.59 bits per heavy atom. The van der Waals surface area contributed by atoms with E-state index >= 15 is 0 Å². The van der Waals surface area contributed by atoms with E-state index in [0.29, 0.717) is 15.7 Å². The summed E-state index contributed by atoms with van der Waals surface area (Å²) >= 11 is 3.39. The van der Waals surface area contributed by atoms with Crippen LogP contribution in [0, 0.1) is 11.6 Å². The van der Waals surface area contributed by atoms with Crippen molar-refractivity contribution in [1.29, 1.82) is 0 Å². The zero-order chi connectivity index (χ0) is 15.5. The molecular weight excluding hydrogens is 352 g/mol. The van der Waals surface area contributed by atoms with Gasteiger partial charge in [0.15, 0.2) is 0 Å². The minimum atomic E-state index is -0.615. The Hall–Kier alpha value is -1.82. The van der Waals surface area contributed by atoms with Crippen molar-refractivity contribution < 1.29 is 8.78 Å². The molecule has 1 aliphatic heterocycles. The first kappa shape index (κ1) is 15.1. The van der Waals surface area contributed by atoms with Gasteiger partial charge in [0.25, 0.3) is 0 Å². The van der Waals surface area contributed by atoms with Crippen LogP contribution < -0.4 is 0 Å². The zero-order valence-electron chi connectivity index (χ0n) is 11.8. The molecule has 2 aromatic rings.